The fraction of sp³-hybridized carbons (Fsp3) is 0.357. The molecule has 0 aliphatic rings. The van der Waals surface area contributed by atoms with Crippen molar-refractivity contribution in [1.29, 1.82) is 0 Å². The molecule has 2 aromatic rings. The SMILES string of the molecule is Cc1cc(C)c([N+](=O)[O-])cc1OCc1c(C)nn(C)c1Cl. The van der Waals surface area contributed by atoms with Gasteiger partial charge in [0.05, 0.1) is 16.7 Å². The summed E-state index contributed by atoms with van der Waals surface area (Å²) in [7, 11) is 1.75. The molecule has 0 N–H and O–H groups in total. The number of nitro benzene ring substituents is 1. The zero-order valence-corrected chi connectivity index (χ0v) is 13.1. The minimum Gasteiger partial charge on any atom is -0.488 e. The van der Waals surface area contributed by atoms with E-state index in [4.69, 9.17) is 16.3 Å². The standard InChI is InChI=1S/C14H16ClN3O3/c1-8-5-9(2)13(6-12(8)18(19)20)21-7-11-10(3)16-17(4)14(11)15/h5-6H,7H2,1-4H3. The number of nitrogens with zero attached hydrogens (tertiary/aromatic N) is 3. The van der Waals surface area contributed by atoms with Gasteiger partial charge >= 0.3 is 0 Å². The molecule has 7 heteroatoms. The van der Waals surface area contributed by atoms with Crippen molar-refractivity contribution in [2.24, 2.45) is 7.05 Å². The molecule has 0 saturated carbocycles. The molecule has 6 nitrogen and oxygen atoms in total. The Labute approximate surface area is 127 Å². The summed E-state index contributed by atoms with van der Waals surface area (Å²) in [4.78, 5) is 10.6. The van der Waals surface area contributed by atoms with Gasteiger partial charge in [-0.25, -0.2) is 0 Å². The second-order valence-electron chi connectivity index (χ2n) is 4.93. The predicted octanol–water partition coefficient (Wildman–Crippen LogP) is 3.49. The molecular weight excluding hydrogens is 294 g/mol. The van der Waals surface area contributed by atoms with Crippen LogP contribution in [0.4, 0.5) is 5.69 Å². The molecular formula is C14H16ClN3O3. The molecule has 0 aliphatic carbocycles. The number of halogens is 1. The second kappa shape index (κ2) is 5.73. The van der Waals surface area contributed by atoms with Crippen molar-refractivity contribution in [2.75, 3.05) is 0 Å². The lowest BCUT2D eigenvalue weighted by Gasteiger charge is -2.10. The van der Waals surface area contributed by atoms with E-state index in [1.165, 1.54) is 6.07 Å². The lowest BCUT2D eigenvalue weighted by molar-refractivity contribution is -0.385. The Morgan fingerprint density at radius 2 is 2.00 bits per heavy atom. The van der Waals surface area contributed by atoms with Crippen LogP contribution >= 0.6 is 11.6 Å². The topological polar surface area (TPSA) is 70.2 Å². The van der Waals surface area contributed by atoms with Crippen LogP contribution in [0.5, 0.6) is 5.75 Å². The first-order valence-corrected chi connectivity index (χ1v) is 6.75. The normalized spacial score (nSPS) is 10.7. The van der Waals surface area contributed by atoms with Gasteiger partial charge in [0.25, 0.3) is 5.69 Å². The number of hydrogen-bond donors (Lipinski definition) is 0. The second-order valence-corrected chi connectivity index (χ2v) is 5.29. The summed E-state index contributed by atoms with van der Waals surface area (Å²) in [6.45, 7) is 5.62. The lowest BCUT2D eigenvalue weighted by Crippen LogP contribution is -2.01. The fourth-order valence-electron chi connectivity index (χ4n) is 2.16. The van der Waals surface area contributed by atoms with Gasteiger partial charge in [-0.05, 0) is 32.4 Å². The summed E-state index contributed by atoms with van der Waals surface area (Å²) < 4.78 is 7.27. The third-order valence-electron chi connectivity index (χ3n) is 3.33. The van der Waals surface area contributed by atoms with Crippen molar-refractivity contribution in [2.45, 2.75) is 27.4 Å². The maximum Gasteiger partial charge on any atom is 0.276 e. The maximum atomic E-state index is 11.0. The van der Waals surface area contributed by atoms with Crippen LogP contribution in [-0.4, -0.2) is 14.7 Å². The summed E-state index contributed by atoms with van der Waals surface area (Å²) in [5, 5.41) is 15.7. The van der Waals surface area contributed by atoms with E-state index >= 15 is 0 Å². The van der Waals surface area contributed by atoms with Gasteiger partial charge in [0, 0.05) is 18.2 Å². The zero-order valence-electron chi connectivity index (χ0n) is 12.3. The third kappa shape index (κ3) is 3.00. The number of benzene rings is 1. The Balaban J connectivity index is 2.28. The van der Waals surface area contributed by atoms with Crippen LogP contribution in [-0.2, 0) is 13.7 Å². The largest absolute Gasteiger partial charge is 0.488 e. The van der Waals surface area contributed by atoms with Crippen molar-refractivity contribution in [3.63, 3.8) is 0 Å². The Hall–Kier alpha value is -2.08. The van der Waals surface area contributed by atoms with Gasteiger partial charge in [-0.2, -0.15) is 5.10 Å². The summed E-state index contributed by atoms with van der Waals surface area (Å²) >= 11 is 6.14. The molecule has 1 aromatic heterocycles. The molecule has 0 fully saturated rings. The van der Waals surface area contributed by atoms with Crippen LogP contribution in [0, 0.1) is 30.9 Å². The van der Waals surface area contributed by atoms with E-state index in [0.717, 1.165) is 16.8 Å². The summed E-state index contributed by atoms with van der Waals surface area (Å²) in [5.74, 6) is 0.478. The van der Waals surface area contributed by atoms with E-state index in [1.54, 1.807) is 24.7 Å². The average molecular weight is 310 g/mol. The average Bonchev–Trinajstić information content (AvgIpc) is 2.62. The first-order valence-electron chi connectivity index (χ1n) is 6.37. The molecule has 112 valence electrons. The predicted molar refractivity (Wildman–Crippen MR) is 79.9 cm³/mol. The molecule has 21 heavy (non-hydrogen) atoms. The van der Waals surface area contributed by atoms with Crippen molar-refractivity contribution < 1.29 is 9.66 Å². The third-order valence-corrected chi connectivity index (χ3v) is 3.80. The van der Waals surface area contributed by atoms with Crippen LogP contribution in [0.1, 0.15) is 22.4 Å². The van der Waals surface area contributed by atoms with Crippen molar-refractivity contribution in [3.05, 3.63) is 49.8 Å². The smallest absolute Gasteiger partial charge is 0.276 e. The highest BCUT2D eigenvalue weighted by Crippen LogP contribution is 2.29. The van der Waals surface area contributed by atoms with Crippen LogP contribution in [0.2, 0.25) is 5.15 Å². The van der Waals surface area contributed by atoms with E-state index in [1.807, 2.05) is 13.8 Å². The summed E-state index contributed by atoms with van der Waals surface area (Å²) in [6, 6.07) is 3.19. The van der Waals surface area contributed by atoms with Crippen LogP contribution in [0.3, 0.4) is 0 Å². The number of ether oxygens (including phenoxy) is 1. The summed E-state index contributed by atoms with van der Waals surface area (Å²) in [6.07, 6.45) is 0. The summed E-state index contributed by atoms with van der Waals surface area (Å²) in [5.41, 5.74) is 3.06. The molecule has 0 radical (unpaired) electrons. The van der Waals surface area contributed by atoms with Gasteiger partial charge < -0.3 is 4.74 Å². The number of nitro groups is 1. The van der Waals surface area contributed by atoms with Crippen molar-refractivity contribution >= 4 is 17.3 Å². The monoisotopic (exact) mass is 309 g/mol. The highest BCUT2D eigenvalue weighted by molar-refractivity contribution is 6.30. The highest BCUT2D eigenvalue weighted by atomic mass is 35.5. The number of rotatable bonds is 4. The number of aryl methyl sites for hydroxylation is 4. The van der Waals surface area contributed by atoms with Gasteiger partial charge in [0.2, 0.25) is 0 Å². The molecule has 0 saturated heterocycles. The van der Waals surface area contributed by atoms with E-state index in [-0.39, 0.29) is 12.3 Å². The van der Waals surface area contributed by atoms with Gasteiger partial charge in [0.15, 0.2) is 0 Å². The zero-order chi connectivity index (χ0) is 15.7. The number of hydrogen-bond acceptors (Lipinski definition) is 4. The van der Waals surface area contributed by atoms with Gasteiger partial charge in [-0.3, -0.25) is 14.8 Å². The first kappa shape index (κ1) is 15.3. The maximum absolute atomic E-state index is 11.0. The van der Waals surface area contributed by atoms with Crippen molar-refractivity contribution in [1.82, 2.24) is 9.78 Å². The van der Waals surface area contributed by atoms with E-state index in [9.17, 15) is 10.1 Å². The Bertz CT molecular complexity index is 710. The molecule has 0 unspecified atom stereocenters. The van der Waals surface area contributed by atoms with Crippen molar-refractivity contribution in [3.8, 4) is 5.75 Å². The Kier molecular flexibility index (Phi) is 4.18. The Morgan fingerprint density at radius 1 is 1.33 bits per heavy atom. The molecule has 0 amide bonds. The molecule has 0 atom stereocenters. The molecule has 0 spiro atoms. The van der Waals surface area contributed by atoms with Gasteiger partial charge in [0.1, 0.15) is 17.5 Å². The highest BCUT2D eigenvalue weighted by Gasteiger charge is 2.16. The van der Waals surface area contributed by atoms with Crippen LogP contribution in [0.25, 0.3) is 0 Å². The Morgan fingerprint density at radius 3 is 2.52 bits per heavy atom. The molecule has 1 aromatic carbocycles. The van der Waals surface area contributed by atoms with E-state index in [2.05, 4.69) is 5.10 Å². The van der Waals surface area contributed by atoms with Gasteiger partial charge in [-0.15, -0.1) is 0 Å². The van der Waals surface area contributed by atoms with Crippen LogP contribution in [0.15, 0.2) is 12.1 Å². The van der Waals surface area contributed by atoms with E-state index < -0.39 is 4.92 Å². The van der Waals surface area contributed by atoms with Gasteiger partial charge in [-0.1, -0.05) is 11.6 Å². The van der Waals surface area contributed by atoms with Crippen LogP contribution < -0.4 is 4.74 Å². The molecule has 1 heterocycles. The minimum absolute atomic E-state index is 0.0459. The minimum atomic E-state index is -0.413. The first-order chi connectivity index (χ1) is 9.81. The fourth-order valence-corrected chi connectivity index (χ4v) is 2.39. The quantitative estimate of drug-likeness (QED) is 0.640. The lowest BCUT2D eigenvalue weighted by atomic mass is 10.1. The molecule has 2 rings (SSSR count). The number of aromatic nitrogens is 2. The van der Waals surface area contributed by atoms with E-state index in [0.29, 0.717) is 16.5 Å². The molecule has 0 aliphatic heterocycles. The molecule has 0 bridgehead atoms.